The zero-order valence-electron chi connectivity index (χ0n) is 22.6. The molecular weight excluding hydrogens is 662 g/mol. The number of aliphatic imine (C=N–C) groups is 1. The molecule has 1 fully saturated rings. The van der Waals surface area contributed by atoms with Gasteiger partial charge in [0.25, 0.3) is 0 Å². The summed E-state index contributed by atoms with van der Waals surface area (Å²) in [4.78, 5) is 23.2. The van der Waals surface area contributed by atoms with Crippen molar-refractivity contribution in [2.24, 2.45) is 4.99 Å². The number of hydrogen-bond donors (Lipinski definition) is 0. The van der Waals surface area contributed by atoms with Crippen LogP contribution in [0.2, 0.25) is 0 Å². The van der Waals surface area contributed by atoms with Crippen molar-refractivity contribution >= 4 is 77.4 Å². The molecule has 1 aliphatic heterocycles. The summed E-state index contributed by atoms with van der Waals surface area (Å²) in [5.74, 6) is 0.0372. The van der Waals surface area contributed by atoms with E-state index in [1.165, 1.54) is 12.2 Å². The largest absolute Gasteiger partial charge is 0.465 e. The lowest BCUT2D eigenvalue weighted by molar-refractivity contribution is -0.126. The van der Waals surface area contributed by atoms with Gasteiger partial charge in [-0.1, -0.05) is 64.5 Å². The van der Waals surface area contributed by atoms with Crippen LogP contribution in [-0.4, -0.2) is 41.9 Å². The first-order valence-corrected chi connectivity index (χ1v) is 14.7. The van der Waals surface area contributed by atoms with Gasteiger partial charge in [-0.2, -0.15) is 4.99 Å². The average molecular weight is 687 g/mol. The first-order chi connectivity index (χ1) is 20.5. The molecule has 9 heteroatoms. The Morgan fingerprint density at radius 3 is 2.55 bits per heavy atom. The van der Waals surface area contributed by atoms with Crippen molar-refractivity contribution in [2.75, 3.05) is 20.3 Å². The van der Waals surface area contributed by atoms with Crippen LogP contribution >= 0.6 is 31.9 Å². The molecule has 4 aromatic carbocycles. The number of hydroxylamine groups is 2. The van der Waals surface area contributed by atoms with Crippen molar-refractivity contribution in [1.29, 1.82) is 0 Å². The zero-order valence-corrected chi connectivity index (χ0v) is 25.8. The standard InChI is InChI=1S/C33H25Br2N3O4/c1-3-15-37-33(36-31-27(32(39)40-2)18-22(34)19-28(31)35)42-24(20-41-37)16-21-13-14-30-26(17-21)25-11-7-8-12-29(25)38(30)23-9-5-4-6-10-23/h3-14,16-19H,1,15,20H2,2H3/b24-16+,36-33-. The fourth-order valence-electron chi connectivity index (χ4n) is 4.95. The molecule has 0 unspecified atom stereocenters. The fraction of sp³-hybridized carbons (Fsp3) is 0.0909. The molecule has 1 aromatic heterocycles. The maximum absolute atomic E-state index is 12.5. The number of rotatable bonds is 6. The number of methoxy groups -OCH3 is 1. The number of fused-ring (bicyclic) bond motifs is 3. The van der Waals surface area contributed by atoms with Gasteiger partial charge in [-0.15, -0.1) is 6.58 Å². The molecule has 0 bridgehead atoms. The highest BCUT2D eigenvalue weighted by molar-refractivity contribution is 9.11. The summed E-state index contributed by atoms with van der Waals surface area (Å²) >= 11 is 6.94. The predicted molar refractivity (Wildman–Crippen MR) is 173 cm³/mol. The summed E-state index contributed by atoms with van der Waals surface area (Å²) in [6.45, 7) is 4.34. The van der Waals surface area contributed by atoms with E-state index in [1.807, 2.05) is 24.3 Å². The van der Waals surface area contributed by atoms with Crippen molar-refractivity contribution in [1.82, 2.24) is 9.63 Å². The molecule has 0 saturated carbocycles. The second-order valence-electron chi connectivity index (χ2n) is 9.47. The minimum Gasteiger partial charge on any atom is -0.465 e. The third-order valence-corrected chi connectivity index (χ3v) is 7.84. The second kappa shape index (κ2) is 12.0. The Morgan fingerprint density at radius 2 is 1.76 bits per heavy atom. The van der Waals surface area contributed by atoms with Crippen LogP contribution < -0.4 is 0 Å². The number of hydrogen-bond acceptors (Lipinski definition) is 5. The molecule has 0 spiro atoms. The van der Waals surface area contributed by atoms with E-state index in [0.29, 0.717) is 26.9 Å². The fourth-order valence-corrected chi connectivity index (χ4v) is 6.27. The lowest BCUT2D eigenvalue weighted by Gasteiger charge is -2.29. The number of nitrogens with zero attached hydrogens (tertiary/aromatic N) is 3. The van der Waals surface area contributed by atoms with Gasteiger partial charge >= 0.3 is 12.0 Å². The number of carbonyl (C=O) groups excluding carboxylic acids is 1. The van der Waals surface area contributed by atoms with E-state index in [-0.39, 0.29) is 18.2 Å². The van der Waals surface area contributed by atoms with Crippen LogP contribution in [0, 0.1) is 0 Å². The molecule has 42 heavy (non-hydrogen) atoms. The maximum atomic E-state index is 12.5. The number of halogens is 2. The van der Waals surface area contributed by atoms with Gasteiger partial charge in [0.1, 0.15) is 12.4 Å². The van der Waals surface area contributed by atoms with E-state index in [2.05, 4.69) is 103 Å². The number of para-hydroxylation sites is 2. The van der Waals surface area contributed by atoms with Crippen LogP contribution in [0.3, 0.4) is 0 Å². The summed E-state index contributed by atoms with van der Waals surface area (Å²) in [5.41, 5.74) is 4.93. The third-order valence-electron chi connectivity index (χ3n) is 6.77. The van der Waals surface area contributed by atoms with Crippen molar-refractivity contribution in [3.05, 3.63) is 123 Å². The van der Waals surface area contributed by atoms with Crippen LogP contribution in [0.4, 0.5) is 5.69 Å². The lowest BCUT2D eigenvalue weighted by atomic mass is 10.1. The molecule has 1 saturated heterocycles. The first kappa shape index (κ1) is 28.0. The molecular formula is C33H25Br2N3O4. The first-order valence-electron chi connectivity index (χ1n) is 13.1. The van der Waals surface area contributed by atoms with E-state index >= 15 is 0 Å². The number of aromatic nitrogens is 1. The maximum Gasteiger partial charge on any atom is 0.340 e. The number of esters is 1. The van der Waals surface area contributed by atoms with E-state index in [0.717, 1.165) is 33.1 Å². The van der Waals surface area contributed by atoms with E-state index in [9.17, 15) is 4.79 Å². The molecule has 5 aromatic rings. The monoisotopic (exact) mass is 685 g/mol. The number of amidine groups is 1. The Bertz CT molecular complexity index is 1900. The third kappa shape index (κ3) is 5.38. The quantitative estimate of drug-likeness (QED) is 0.132. The summed E-state index contributed by atoms with van der Waals surface area (Å²) in [5, 5.41) is 3.78. The summed E-state index contributed by atoms with van der Waals surface area (Å²) in [7, 11) is 1.33. The van der Waals surface area contributed by atoms with Crippen LogP contribution in [0.5, 0.6) is 0 Å². The molecule has 0 amide bonds. The highest BCUT2D eigenvalue weighted by Crippen LogP contribution is 2.36. The molecule has 0 N–H and O–H groups in total. The lowest BCUT2D eigenvalue weighted by Crippen LogP contribution is -2.38. The van der Waals surface area contributed by atoms with E-state index < -0.39 is 5.97 Å². The van der Waals surface area contributed by atoms with E-state index in [1.54, 1.807) is 18.2 Å². The molecule has 2 heterocycles. The van der Waals surface area contributed by atoms with Crippen molar-refractivity contribution in [3.63, 3.8) is 0 Å². The smallest absolute Gasteiger partial charge is 0.340 e. The second-order valence-corrected chi connectivity index (χ2v) is 11.2. The summed E-state index contributed by atoms with van der Waals surface area (Å²) in [6.07, 6.45) is 3.62. The zero-order chi connectivity index (χ0) is 29.2. The van der Waals surface area contributed by atoms with Crippen LogP contribution in [0.1, 0.15) is 15.9 Å². The van der Waals surface area contributed by atoms with Gasteiger partial charge in [0.05, 0.1) is 35.9 Å². The van der Waals surface area contributed by atoms with Gasteiger partial charge in [-0.05, 0) is 70.0 Å². The normalized spacial score (nSPS) is 15.4. The topological polar surface area (TPSA) is 65.3 Å². The highest BCUT2D eigenvalue weighted by atomic mass is 79.9. The Hall–Kier alpha value is -4.18. The van der Waals surface area contributed by atoms with Gasteiger partial charge in [0.2, 0.25) is 0 Å². The molecule has 0 aliphatic carbocycles. The van der Waals surface area contributed by atoms with Gasteiger partial charge < -0.3 is 14.0 Å². The van der Waals surface area contributed by atoms with Crippen LogP contribution in [-0.2, 0) is 14.3 Å². The number of ether oxygens (including phenoxy) is 2. The summed E-state index contributed by atoms with van der Waals surface area (Å²) < 4.78 is 14.8. The Balaban J connectivity index is 1.41. The average Bonchev–Trinajstić information content (AvgIpc) is 3.33. The minimum atomic E-state index is -0.526. The van der Waals surface area contributed by atoms with Crippen LogP contribution in [0.25, 0.3) is 33.6 Å². The Kier molecular flexibility index (Phi) is 7.97. The molecule has 6 rings (SSSR count). The predicted octanol–water partition coefficient (Wildman–Crippen LogP) is 8.57. The molecule has 0 atom stereocenters. The minimum absolute atomic E-state index is 0.169. The Morgan fingerprint density at radius 1 is 1.00 bits per heavy atom. The van der Waals surface area contributed by atoms with E-state index in [4.69, 9.17) is 14.3 Å². The van der Waals surface area contributed by atoms with Crippen LogP contribution in [0.15, 0.2) is 117 Å². The number of carbonyl (C=O) groups is 1. The Labute approximate surface area is 259 Å². The van der Waals surface area contributed by atoms with Gasteiger partial charge in [-0.3, -0.25) is 4.84 Å². The van der Waals surface area contributed by atoms with Crippen molar-refractivity contribution in [3.8, 4) is 5.69 Å². The molecule has 210 valence electrons. The highest BCUT2D eigenvalue weighted by Gasteiger charge is 2.25. The summed E-state index contributed by atoms with van der Waals surface area (Å²) in [6, 6.07) is 28.7. The van der Waals surface area contributed by atoms with Gasteiger partial charge in [-0.25, -0.2) is 9.86 Å². The van der Waals surface area contributed by atoms with Gasteiger partial charge in [0.15, 0.2) is 0 Å². The van der Waals surface area contributed by atoms with Gasteiger partial charge in [0, 0.05) is 25.4 Å². The number of benzene rings is 4. The molecule has 0 radical (unpaired) electrons. The molecule has 1 aliphatic rings. The molecule has 7 nitrogen and oxygen atoms in total. The van der Waals surface area contributed by atoms with Crippen molar-refractivity contribution < 1.29 is 19.1 Å². The SMILES string of the molecule is C=CCN1OC/C(=C\c2ccc3c(c2)c2ccccc2n3-c2ccccc2)O/C1=N\c1c(Br)cc(Br)cc1C(=O)OC. The van der Waals surface area contributed by atoms with Crippen molar-refractivity contribution in [2.45, 2.75) is 0 Å².